The quantitative estimate of drug-likeness (QED) is 0.574. The van der Waals surface area contributed by atoms with E-state index in [2.05, 4.69) is 13.5 Å². The molecule has 1 heterocycles. The summed E-state index contributed by atoms with van der Waals surface area (Å²) < 4.78 is 16.5. The smallest absolute Gasteiger partial charge is 0.335 e. The standard InChI is InChI=1S/C23H28O4/c1-14-6-5-9-23(2)13-21-16(12-18(14)23)17(22(24)27-21)10-15-7-8-19(25-3)20(11-15)26-4/h7-8,11,18,21H,1,5-6,9-10,12-13H2,2-4H3/t18-,21+,23+/m0/s1. The van der Waals surface area contributed by atoms with Gasteiger partial charge in [0.15, 0.2) is 11.5 Å². The monoisotopic (exact) mass is 368 g/mol. The molecule has 0 unspecified atom stereocenters. The molecule has 4 nitrogen and oxygen atoms in total. The van der Waals surface area contributed by atoms with E-state index in [0.717, 1.165) is 30.4 Å². The van der Waals surface area contributed by atoms with Gasteiger partial charge in [0.25, 0.3) is 0 Å². The number of carbonyl (C=O) groups excluding carboxylic acids is 1. The van der Waals surface area contributed by atoms with Crippen molar-refractivity contribution in [2.75, 3.05) is 14.2 Å². The predicted octanol–water partition coefficient (Wildman–Crippen LogP) is 4.62. The third-order valence-electron chi connectivity index (χ3n) is 6.76. The van der Waals surface area contributed by atoms with Crippen LogP contribution in [0.2, 0.25) is 0 Å². The molecule has 0 N–H and O–H groups in total. The van der Waals surface area contributed by atoms with Gasteiger partial charge >= 0.3 is 5.97 Å². The van der Waals surface area contributed by atoms with Crippen LogP contribution in [0.15, 0.2) is 41.5 Å². The molecule has 2 aliphatic carbocycles. The second-order valence-corrected chi connectivity index (χ2v) is 8.39. The van der Waals surface area contributed by atoms with Crippen LogP contribution in [0.1, 0.15) is 44.6 Å². The molecule has 0 aromatic heterocycles. The lowest BCUT2D eigenvalue weighted by Crippen LogP contribution is -2.41. The normalized spacial score (nSPS) is 29.9. The van der Waals surface area contributed by atoms with Crippen LogP contribution in [0.25, 0.3) is 0 Å². The van der Waals surface area contributed by atoms with Gasteiger partial charge < -0.3 is 14.2 Å². The first-order valence-corrected chi connectivity index (χ1v) is 9.76. The number of hydrogen-bond acceptors (Lipinski definition) is 4. The van der Waals surface area contributed by atoms with E-state index in [0.29, 0.717) is 23.8 Å². The number of carbonyl (C=O) groups is 1. The van der Waals surface area contributed by atoms with Gasteiger partial charge in [-0.2, -0.15) is 0 Å². The van der Waals surface area contributed by atoms with Crippen molar-refractivity contribution >= 4 is 5.97 Å². The summed E-state index contributed by atoms with van der Waals surface area (Å²) in [6.45, 7) is 6.70. The lowest BCUT2D eigenvalue weighted by atomic mass is 9.57. The SMILES string of the molecule is C=C1CCC[C@]2(C)C[C@H]3OC(=O)C(Cc4ccc(OC)c(OC)c4)=C3C[C@@H]12. The van der Waals surface area contributed by atoms with E-state index in [-0.39, 0.29) is 17.5 Å². The van der Waals surface area contributed by atoms with Gasteiger partial charge in [-0.25, -0.2) is 4.79 Å². The summed E-state index contributed by atoms with van der Waals surface area (Å²) >= 11 is 0. The minimum atomic E-state index is -0.155. The lowest BCUT2D eigenvalue weighted by molar-refractivity contribution is -0.142. The van der Waals surface area contributed by atoms with Crippen LogP contribution >= 0.6 is 0 Å². The molecule has 27 heavy (non-hydrogen) atoms. The zero-order chi connectivity index (χ0) is 19.2. The van der Waals surface area contributed by atoms with Gasteiger partial charge in [-0.1, -0.05) is 25.1 Å². The first kappa shape index (κ1) is 18.1. The van der Waals surface area contributed by atoms with Gasteiger partial charge in [-0.3, -0.25) is 0 Å². The number of ether oxygens (including phenoxy) is 3. The number of benzene rings is 1. The highest BCUT2D eigenvalue weighted by molar-refractivity contribution is 5.93. The molecule has 0 saturated heterocycles. The Bertz CT molecular complexity index is 822. The second kappa shape index (κ2) is 6.74. The van der Waals surface area contributed by atoms with Crippen LogP contribution < -0.4 is 9.47 Å². The zero-order valence-corrected chi connectivity index (χ0v) is 16.5. The molecule has 4 rings (SSSR count). The molecule has 0 spiro atoms. The first-order chi connectivity index (χ1) is 12.9. The molecular weight excluding hydrogens is 340 g/mol. The van der Waals surface area contributed by atoms with Gasteiger partial charge in [0, 0.05) is 12.0 Å². The highest BCUT2D eigenvalue weighted by atomic mass is 16.5. The first-order valence-electron chi connectivity index (χ1n) is 9.76. The van der Waals surface area contributed by atoms with Crippen LogP contribution in [-0.4, -0.2) is 26.3 Å². The Kier molecular flexibility index (Phi) is 4.53. The van der Waals surface area contributed by atoms with Gasteiger partial charge in [-0.15, -0.1) is 0 Å². The van der Waals surface area contributed by atoms with Crippen molar-refractivity contribution in [3.05, 3.63) is 47.1 Å². The number of fused-ring (bicyclic) bond motifs is 2. The number of hydrogen-bond donors (Lipinski definition) is 0. The maximum atomic E-state index is 12.7. The Balaban J connectivity index is 1.64. The van der Waals surface area contributed by atoms with Crippen LogP contribution in [0.5, 0.6) is 11.5 Å². The average molecular weight is 368 g/mol. The van der Waals surface area contributed by atoms with Crippen molar-refractivity contribution < 1.29 is 19.0 Å². The number of allylic oxidation sites excluding steroid dienone is 1. The van der Waals surface area contributed by atoms with E-state index < -0.39 is 0 Å². The lowest BCUT2D eigenvalue weighted by Gasteiger charge is -2.48. The predicted molar refractivity (Wildman–Crippen MR) is 104 cm³/mol. The molecule has 2 fully saturated rings. The fourth-order valence-electron chi connectivity index (χ4n) is 5.24. The van der Waals surface area contributed by atoms with Gasteiger partial charge in [0.05, 0.1) is 14.2 Å². The fourth-order valence-corrected chi connectivity index (χ4v) is 5.24. The topological polar surface area (TPSA) is 44.8 Å². The molecular formula is C23H28O4. The molecule has 0 amide bonds. The third kappa shape index (κ3) is 3.05. The van der Waals surface area contributed by atoms with E-state index >= 15 is 0 Å². The summed E-state index contributed by atoms with van der Waals surface area (Å²) in [6.07, 6.45) is 5.85. The van der Waals surface area contributed by atoms with Crippen LogP contribution in [0, 0.1) is 11.3 Å². The summed E-state index contributed by atoms with van der Waals surface area (Å²) in [7, 11) is 3.25. The molecule has 4 heteroatoms. The molecule has 1 aromatic rings. The minimum absolute atomic E-state index is 0.0557. The molecule has 144 valence electrons. The summed E-state index contributed by atoms with van der Waals surface area (Å²) in [5.74, 6) is 1.68. The van der Waals surface area contributed by atoms with E-state index in [9.17, 15) is 4.79 Å². The largest absolute Gasteiger partial charge is 0.493 e. The van der Waals surface area contributed by atoms with Crippen molar-refractivity contribution in [3.63, 3.8) is 0 Å². The minimum Gasteiger partial charge on any atom is -0.493 e. The molecule has 3 aliphatic rings. The second-order valence-electron chi connectivity index (χ2n) is 8.39. The molecule has 0 bridgehead atoms. The molecule has 1 aromatic carbocycles. The summed E-state index contributed by atoms with van der Waals surface area (Å²) in [5.41, 5.74) is 4.61. The number of methoxy groups -OCH3 is 2. The Morgan fingerprint density at radius 2 is 2.04 bits per heavy atom. The van der Waals surface area contributed by atoms with Crippen molar-refractivity contribution in [3.8, 4) is 11.5 Å². The molecule has 3 atom stereocenters. The molecule has 1 aliphatic heterocycles. The van der Waals surface area contributed by atoms with Gasteiger partial charge in [0.1, 0.15) is 6.10 Å². The van der Waals surface area contributed by atoms with Gasteiger partial charge in [0.2, 0.25) is 0 Å². The van der Waals surface area contributed by atoms with Crippen LogP contribution in [-0.2, 0) is 16.0 Å². The summed E-state index contributed by atoms with van der Waals surface area (Å²) in [6, 6.07) is 5.82. The Labute approximate surface area is 161 Å². The van der Waals surface area contributed by atoms with E-state index in [4.69, 9.17) is 14.2 Å². The van der Waals surface area contributed by atoms with Crippen LogP contribution in [0.3, 0.4) is 0 Å². The fraction of sp³-hybridized carbons (Fsp3) is 0.522. The Morgan fingerprint density at radius 3 is 2.78 bits per heavy atom. The van der Waals surface area contributed by atoms with Crippen LogP contribution in [0.4, 0.5) is 0 Å². The Morgan fingerprint density at radius 1 is 1.26 bits per heavy atom. The summed E-state index contributed by atoms with van der Waals surface area (Å²) in [4.78, 5) is 12.7. The number of esters is 1. The summed E-state index contributed by atoms with van der Waals surface area (Å²) in [5, 5.41) is 0. The van der Waals surface area contributed by atoms with Gasteiger partial charge in [-0.05, 0) is 66.7 Å². The average Bonchev–Trinajstić information content (AvgIpc) is 2.94. The molecule has 2 saturated carbocycles. The molecule has 0 radical (unpaired) electrons. The van der Waals surface area contributed by atoms with Crippen molar-refractivity contribution in [1.29, 1.82) is 0 Å². The highest BCUT2D eigenvalue weighted by Crippen LogP contribution is 2.55. The van der Waals surface area contributed by atoms with E-state index in [1.165, 1.54) is 24.0 Å². The van der Waals surface area contributed by atoms with Crippen molar-refractivity contribution in [2.24, 2.45) is 11.3 Å². The maximum Gasteiger partial charge on any atom is 0.335 e. The zero-order valence-electron chi connectivity index (χ0n) is 16.5. The van der Waals surface area contributed by atoms with E-state index in [1.807, 2.05) is 18.2 Å². The van der Waals surface area contributed by atoms with E-state index in [1.54, 1.807) is 14.2 Å². The highest BCUT2D eigenvalue weighted by Gasteiger charge is 2.49. The Hall–Kier alpha value is -2.23. The maximum absolute atomic E-state index is 12.7. The van der Waals surface area contributed by atoms with Crippen molar-refractivity contribution in [2.45, 2.75) is 51.6 Å². The van der Waals surface area contributed by atoms with Crippen molar-refractivity contribution in [1.82, 2.24) is 0 Å². The third-order valence-corrected chi connectivity index (χ3v) is 6.76. The number of rotatable bonds is 4.